The van der Waals surface area contributed by atoms with Crippen LogP contribution in [0.1, 0.15) is 11.3 Å². The van der Waals surface area contributed by atoms with Gasteiger partial charge in [0.1, 0.15) is 18.1 Å². The molecule has 1 heterocycles. The van der Waals surface area contributed by atoms with Crippen LogP contribution in [0.4, 0.5) is 0 Å². The number of benzene rings is 1. The van der Waals surface area contributed by atoms with Crippen LogP contribution in [0.2, 0.25) is 0 Å². The molecule has 3 amide bonds. The van der Waals surface area contributed by atoms with Gasteiger partial charge in [-0.25, -0.2) is 9.78 Å². The maximum Gasteiger partial charge on any atom is 0.327 e. The average Bonchev–Trinajstić information content (AvgIpc) is 3.33. The molecule has 1 aromatic carbocycles. The molecule has 0 saturated carbocycles. The number of carbonyl (C=O) groups is 4. The molecule has 0 aliphatic carbocycles. The van der Waals surface area contributed by atoms with Gasteiger partial charge in [0.25, 0.3) is 0 Å². The van der Waals surface area contributed by atoms with Crippen LogP contribution in [-0.4, -0.2) is 80.4 Å². The summed E-state index contributed by atoms with van der Waals surface area (Å²) in [4.78, 5) is 55.9. The predicted octanol–water partition coefficient (Wildman–Crippen LogP) is -2.02. The van der Waals surface area contributed by atoms with Crippen LogP contribution < -0.4 is 21.7 Å². The van der Waals surface area contributed by atoms with Crippen LogP contribution in [0.5, 0.6) is 0 Å². The van der Waals surface area contributed by atoms with Gasteiger partial charge in [0.2, 0.25) is 17.7 Å². The normalized spacial score (nSPS) is 14.3. The third-order valence-corrected chi connectivity index (χ3v) is 5.22. The molecule has 34 heavy (non-hydrogen) atoms. The first-order valence-electron chi connectivity index (χ1n) is 10.4. The van der Waals surface area contributed by atoms with E-state index in [0.717, 1.165) is 5.56 Å². The number of amides is 3. The third-order valence-electron chi connectivity index (χ3n) is 4.86. The maximum absolute atomic E-state index is 13.0. The Hall–Kier alpha value is -3.42. The highest BCUT2D eigenvalue weighted by molar-refractivity contribution is 7.80. The number of carboxylic acid groups (broad SMARTS) is 1. The Bertz CT molecular complexity index is 958. The first-order valence-corrected chi connectivity index (χ1v) is 11.0. The molecule has 0 fully saturated rings. The largest absolute Gasteiger partial charge is 0.480 e. The number of nitrogens with two attached hydrogens (primary N) is 1. The summed E-state index contributed by atoms with van der Waals surface area (Å²) < 4.78 is 0. The molecule has 0 bridgehead atoms. The van der Waals surface area contributed by atoms with E-state index in [1.54, 1.807) is 30.3 Å². The molecule has 0 aliphatic rings. The number of carboxylic acids is 1. The standard InChI is InChI=1S/C21H28N6O6S/c22-14(7-13-8-23-11-24-13)18(29)25-15(6-12-4-2-1-3-5-12)19(30)26-16(9-28)20(31)27-17(10-34)21(32)33/h1-5,8,11,14-17,28,34H,6-7,9-10,22H2,(H,23,24)(H,25,29)(H,26,30)(H,27,31)(H,32,33). The van der Waals surface area contributed by atoms with Crippen molar-refractivity contribution in [1.82, 2.24) is 25.9 Å². The van der Waals surface area contributed by atoms with Gasteiger partial charge in [-0.15, -0.1) is 0 Å². The van der Waals surface area contributed by atoms with E-state index in [9.17, 15) is 24.3 Å². The summed E-state index contributed by atoms with van der Waals surface area (Å²) >= 11 is 3.86. The first kappa shape index (κ1) is 26.8. The minimum absolute atomic E-state index is 0.0867. The Morgan fingerprint density at radius 3 is 2.15 bits per heavy atom. The van der Waals surface area contributed by atoms with Crippen molar-refractivity contribution in [2.75, 3.05) is 12.4 Å². The molecular formula is C21H28N6O6S. The molecule has 2 rings (SSSR count). The van der Waals surface area contributed by atoms with Crippen molar-refractivity contribution in [3.63, 3.8) is 0 Å². The van der Waals surface area contributed by atoms with Crippen LogP contribution in [0.15, 0.2) is 42.9 Å². The molecule has 184 valence electrons. The molecule has 0 spiro atoms. The maximum atomic E-state index is 13.0. The Kier molecular flexibility index (Phi) is 10.5. The number of aliphatic hydroxyl groups excluding tert-OH is 1. The number of thiol groups is 1. The average molecular weight is 493 g/mol. The second-order valence-corrected chi connectivity index (χ2v) is 7.83. The highest BCUT2D eigenvalue weighted by Crippen LogP contribution is 2.05. The molecule has 0 saturated heterocycles. The number of aliphatic hydroxyl groups is 1. The molecule has 12 nitrogen and oxygen atoms in total. The lowest BCUT2D eigenvalue weighted by Crippen LogP contribution is -2.58. The Balaban J connectivity index is 2.11. The number of imidazole rings is 1. The van der Waals surface area contributed by atoms with Gasteiger partial charge in [0, 0.05) is 30.5 Å². The van der Waals surface area contributed by atoms with Crippen molar-refractivity contribution in [3.8, 4) is 0 Å². The molecule has 0 radical (unpaired) electrons. The summed E-state index contributed by atoms with van der Waals surface area (Å²) in [5.74, 6) is -3.76. The molecule has 13 heteroatoms. The SMILES string of the molecule is NC(Cc1cnc[nH]1)C(=O)NC(Cc1ccccc1)C(=O)NC(CO)C(=O)NC(CS)C(=O)O. The fourth-order valence-corrected chi connectivity index (χ4v) is 3.24. The second-order valence-electron chi connectivity index (χ2n) is 7.46. The zero-order valence-electron chi connectivity index (χ0n) is 18.2. The van der Waals surface area contributed by atoms with Crippen LogP contribution in [0, 0.1) is 0 Å². The lowest BCUT2D eigenvalue weighted by atomic mass is 10.0. The number of nitrogens with one attached hydrogen (secondary N) is 4. The van der Waals surface area contributed by atoms with E-state index in [1.165, 1.54) is 12.5 Å². The highest BCUT2D eigenvalue weighted by atomic mass is 32.1. The number of carbonyl (C=O) groups excluding carboxylic acids is 3. The zero-order chi connectivity index (χ0) is 25.1. The van der Waals surface area contributed by atoms with Gasteiger partial charge >= 0.3 is 5.97 Å². The smallest absolute Gasteiger partial charge is 0.327 e. The van der Waals surface area contributed by atoms with Crippen molar-refractivity contribution < 1.29 is 29.4 Å². The number of H-pyrrole nitrogens is 1. The van der Waals surface area contributed by atoms with Crippen molar-refractivity contribution in [3.05, 3.63) is 54.1 Å². The number of aliphatic carboxylic acids is 1. The molecule has 4 atom stereocenters. The number of nitrogens with zero attached hydrogens (tertiary/aromatic N) is 1. The molecule has 4 unspecified atom stereocenters. The lowest BCUT2D eigenvalue weighted by Gasteiger charge is -2.24. The van der Waals surface area contributed by atoms with E-state index in [0.29, 0.717) is 5.69 Å². The van der Waals surface area contributed by atoms with E-state index < -0.39 is 54.5 Å². The van der Waals surface area contributed by atoms with E-state index in [2.05, 4.69) is 38.5 Å². The summed E-state index contributed by atoms with van der Waals surface area (Å²) in [6, 6.07) is 4.01. The van der Waals surface area contributed by atoms with Gasteiger partial charge in [-0.1, -0.05) is 30.3 Å². The van der Waals surface area contributed by atoms with E-state index in [4.69, 9.17) is 10.8 Å². The number of hydrogen-bond donors (Lipinski definition) is 8. The molecule has 8 N–H and O–H groups in total. The van der Waals surface area contributed by atoms with E-state index in [-0.39, 0.29) is 18.6 Å². The first-order chi connectivity index (χ1) is 16.2. The minimum Gasteiger partial charge on any atom is -0.480 e. The fraction of sp³-hybridized carbons (Fsp3) is 0.381. The summed E-state index contributed by atoms with van der Waals surface area (Å²) in [5.41, 5.74) is 7.34. The quantitative estimate of drug-likeness (QED) is 0.146. The zero-order valence-corrected chi connectivity index (χ0v) is 19.1. The monoisotopic (exact) mass is 492 g/mol. The number of aromatic amines is 1. The predicted molar refractivity (Wildman–Crippen MR) is 125 cm³/mol. The van der Waals surface area contributed by atoms with E-state index >= 15 is 0 Å². The van der Waals surface area contributed by atoms with Gasteiger partial charge in [-0.3, -0.25) is 14.4 Å². The number of aromatic nitrogens is 2. The second kappa shape index (κ2) is 13.3. The third kappa shape index (κ3) is 8.17. The number of hydrogen-bond acceptors (Lipinski definition) is 8. The van der Waals surface area contributed by atoms with Crippen LogP contribution >= 0.6 is 12.6 Å². The molecular weight excluding hydrogens is 464 g/mol. The van der Waals surface area contributed by atoms with Gasteiger partial charge in [0.05, 0.1) is 19.0 Å². The van der Waals surface area contributed by atoms with Crippen molar-refractivity contribution in [1.29, 1.82) is 0 Å². The van der Waals surface area contributed by atoms with Crippen LogP contribution in [0.3, 0.4) is 0 Å². The number of rotatable bonds is 13. The summed E-state index contributed by atoms with van der Waals surface area (Å²) in [7, 11) is 0. The molecule has 2 aromatic rings. The van der Waals surface area contributed by atoms with Gasteiger partial charge in [0.15, 0.2) is 0 Å². The van der Waals surface area contributed by atoms with Crippen LogP contribution in [0.25, 0.3) is 0 Å². The molecule has 1 aromatic heterocycles. The topological polar surface area (TPSA) is 200 Å². The van der Waals surface area contributed by atoms with Gasteiger partial charge < -0.3 is 36.9 Å². The fourth-order valence-electron chi connectivity index (χ4n) is 2.99. The highest BCUT2D eigenvalue weighted by Gasteiger charge is 2.30. The molecule has 0 aliphatic heterocycles. The minimum atomic E-state index is -1.44. The Morgan fingerprint density at radius 2 is 1.59 bits per heavy atom. The Morgan fingerprint density at radius 1 is 0.971 bits per heavy atom. The summed E-state index contributed by atoms with van der Waals surface area (Å²) in [5, 5.41) is 25.8. The van der Waals surface area contributed by atoms with Crippen LogP contribution in [-0.2, 0) is 32.0 Å². The Labute approximate surface area is 201 Å². The van der Waals surface area contributed by atoms with Crippen molar-refractivity contribution in [2.24, 2.45) is 5.73 Å². The van der Waals surface area contributed by atoms with Crippen molar-refractivity contribution in [2.45, 2.75) is 37.0 Å². The summed E-state index contributed by atoms with van der Waals surface area (Å²) in [6.45, 7) is -0.790. The lowest BCUT2D eigenvalue weighted by molar-refractivity contribution is -0.142. The van der Waals surface area contributed by atoms with Gasteiger partial charge in [-0.2, -0.15) is 12.6 Å². The van der Waals surface area contributed by atoms with Crippen molar-refractivity contribution >= 4 is 36.3 Å². The van der Waals surface area contributed by atoms with Gasteiger partial charge in [-0.05, 0) is 5.56 Å². The van der Waals surface area contributed by atoms with E-state index in [1.807, 2.05) is 0 Å². The summed E-state index contributed by atoms with van der Waals surface area (Å²) in [6.07, 6.45) is 3.23.